The number of carbonyl (C=O) groups is 1. The zero-order valence-corrected chi connectivity index (χ0v) is 9.87. The van der Waals surface area contributed by atoms with Crippen molar-refractivity contribution >= 4 is 5.97 Å². The van der Waals surface area contributed by atoms with Crippen LogP contribution in [0.1, 0.15) is 46.0 Å². The average Bonchev–Trinajstić information content (AvgIpc) is 2.18. The third kappa shape index (κ3) is 4.20. The van der Waals surface area contributed by atoms with Crippen LogP contribution in [0.5, 0.6) is 0 Å². The second-order valence-electron chi connectivity index (χ2n) is 4.66. The number of nitrogens with two attached hydrogens (primary N) is 1. The van der Waals surface area contributed by atoms with Crippen molar-refractivity contribution in [2.75, 3.05) is 6.61 Å². The first-order chi connectivity index (χ1) is 7.13. The Hall–Kier alpha value is -0.570. The third-order valence-corrected chi connectivity index (χ3v) is 3.42. The van der Waals surface area contributed by atoms with E-state index in [1.165, 1.54) is 12.8 Å². The summed E-state index contributed by atoms with van der Waals surface area (Å²) in [6.07, 6.45) is 5.12. The fraction of sp³-hybridized carbons (Fsp3) is 0.917. The highest BCUT2D eigenvalue weighted by molar-refractivity contribution is 5.69. The molecule has 2 N–H and O–H groups in total. The van der Waals surface area contributed by atoms with Crippen LogP contribution in [-0.4, -0.2) is 18.6 Å². The number of rotatable bonds is 4. The van der Waals surface area contributed by atoms with E-state index < -0.39 is 0 Å². The van der Waals surface area contributed by atoms with Crippen molar-refractivity contribution in [3.8, 4) is 0 Å². The average molecular weight is 213 g/mol. The molecule has 0 saturated heterocycles. The Kier molecular flexibility index (Phi) is 5.09. The van der Waals surface area contributed by atoms with Crippen LogP contribution in [0, 0.1) is 11.8 Å². The number of hydrogen-bond acceptors (Lipinski definition) is 3. The molecular weight excluding hydrogens is 190 g/mol. The van der Waals surface area contributed by atoms with Gasteiger partial charge in [0.15, 0.2) is 0 Å². The molecule has 0 aromatic heterocycles. The summed E-state index contributed by atoms with van der Waals surface area (Å²) in [5.41, 5.74) is 5.85. The summed E-state index contributed by atoms with van der Waals surface area (Å²) in [5.74, 6) is 1.05. The van der Waals surface area contributed by atoms with Crippen LogP contribution >= 0.6 is 0 Å². The lowest BCUT2D eigenvalue weighted by Gasteiger charge is -2.30. The van der Waals surface area contributed by atoms with Gasteiger partial charge in [0.1, 0.15) is 0 Å². The summed E-state index contributed by atoms with van der Waals surface area (Å²) < 4.78 is 4.96. The standard InChI is InChI=1S/C12H23NO2/c1-3-15-12(14)8-9(2)10-4-6-11(13)7-5-10/h9-11H,3-8,13H2,1-2H3. The fourth-order valence-corrected chi connectivity index (χ4v) is 2.36. The van der Waals surface area contributed by atoms with Crippen molar-refractivity contribution in [2.24, 2.45) is 17.6 Å². The molecule has 1 unspecified atom stereocenters. The summed E-state index contributed by atoms with van der Waals surface area (Å²) in [6.45, 7) is 4.49. The number of carbonyl (C=O) groups excluding carboxylic acids is 1. The van der Waals surface area contributed by atoms with Gasteiger partial charge < -0.3 is 10.5 Å². The molecule has 15 heavy (non-hydrogen) atoms. The molecule has 0 aromatic rings. The predicted octanol–water partition coefficient (Wildman–Crippen LogP) is 2.09. The SMILES string of the molecule is CCOC(=O)CC(C)C1CCC(N)CC1. The molecule has 3 heteroatoms. The monoisotopic (exact) mass is 213 g/mol. The minimum atomic E-state index is -0.0557. The lowest BCUT2D eigenvalue weighted by atomic mass is 9.78. The van der Waals surface area contributed by atoms with Crippen LogP contribution in [-0.2, 0) is 9.53 Å². The van der Waals surface area contributed by atoms with Crippen LogP contribution < -0.4 is 5.73 Å². The first-order valence-electron chi connectivity index (χ1n) is 6.04. The van der Waals surface area contributed by atoms with E-state index in [0.717, 1.165) is 12.8 Å². The molecule has 3 nitrogen and oxygen atoms in total. The van der Waals surface area contributed by atoms with E-state index in [9.17, 15) is 4.79 Å². The zero-order valence-electron chi connectivity index (χ0n) is 9.87. The molecule has 0 heterocycles. The van der Waals surface area contributed by atoms with Gasteiger partial charge in [-0.05, 0) is 44.4 Å². The molecule has 1 aliphatic rings. The van der Waals surface area contributed by atoms with E-state index in [2.05, 4.69) is 6.92 Å². The van der Waals surface area contributed by atoms with Crippen LogP contribution in [0.2, 0.25) is 0 Å². The maximum absolute atomic E-state index is 11.3. The van der Waals surface area contributed by atoms with Crippen molar-refractivity contribution in [1.82, 2.24) is 0 Å². The van der Waals surface area contributed by atoms with Crippen LogP contribution in [0.4, 0.5) is 0 Å². The number of esters is 1. The molecule has 0 aromatic carbocycles. The van der Waals surface area contributed by atoms with Crippen molar-refractivity contribution in [3.05, 3.63) is 0 Å². The van der Waals surface area contributed by atoms with E-state index >= 15 is 0 Å². The van der Waals surface area contributed by atoms with Crippen LogP contribution in [0.25, 0.3) is 0 Å². The third-order valence-electron chi connectivity index (χ3n) is 3.42. The molecule has 0 bridgehead atoms. The van der Waals surface area contributed by atoms with Gasteiger partial charge in [0.2, 0.25) is 0 Å². The van der Waals surface area contributed by atoms with Crippen molar-refractivity contribution < 1.29 is 9.53 Å². The lowest BCUT2D eigenvalue weighted by Crippen LogP contribution is -2.29. The second-order valence-corrected chi connectivity index (χ2v) is 4.66. The summed E-state index contributed by atoms with van der Waals surface area (Å²) in [7, 11) is 0. The lowest BCUT2D eigenvalue weighted by molar-refractivity contribution is -0.144. The highest BCUT2D eigenvalue weighted by atomic mass is 16.5. The molecular formula is C12H23NO2. The Balaban J connectivity index is 2.27. The Morgan fingerprint density at radius 1 is 1.40 bits per heavy atom. The van der Waals surface area contributed by atoms with Gasteiger partial charge >= 0.3 is 5.97 Å². The van der Waals surface area contributed by atoms with Gasteiger partial charge in [-0.3, -0.25) is 4.79 Å². The first kappa shape index (κ1) is 12.5. The molecule has 0 spiro atoms. The molecule has 1 aliphatic carbocycles. The van der Waals surface area contributed by atoms with Gasteiger partial charge in [-0.15, -0.1) is 0 Å². The van der Waals surface area contributed by atoms with Gasteiger partial charge in [0, 0.05) is 12.5 Å². The second kappa shape index (κ2) is 6.11. The maximum atomic E-state index is 11.3. The largest absolute Gasteiger partial charge is 0.466 e. The molecule has 1 rings (SSSR count). The van der Waals surface area contributed by atoms with E-state index in [4.69, 9.17) is 10.5 Å². The molecule has 1 atom stereocenters. The molecule has 88 valence electrons. The van der Waals surface area contributed by atoms with Crippen LogP contribution in [0.3, 0.4) is 0 Å². The zero-order chi connectivity index (χ0) is 11.3. The van der Waals surface area contributed by atoms with E-state index in [0.29, 0.717) is 30.9 Å². The highest BCUT2D eigenvalue weighted by Crippen LogP contribution is 2.31. The number of ether oxygens (including phenoxy) is 1. The summed E-state index contributed by atoms with van der Waals surface area (Å²) in [6, 6.07) is 0.385. The Morgan fingerprint density at radius 3 is 2.53 bits per heavy atom. The molecule has 1 fully saturated rings. The molecule has 0 amide bonds. The minimum absolute atomic E-state index is 0.0557. The van der Waals surface area contributed by atoms with Gasteiger partial charge in [-0.2, -0.15) is 0 Å². The highest BCUT2D eigenvalue weighted by Gasteiger charge is 2.25. The van der Waals surface area contributed by atoms with Crippen molar-refractivity contribution in [3.63, 3.8) is 0 Å². The Bertz CT molecular complexity index is 198. The summed E-state index contributed by atoms with van der Waals surface area (Å²) in [4.78, 5) is 11.3. The van der Waals surface area contributed by atoms with Gasteiger partial charge in [-0.25, -0.2) is 0 Å². The van der Waals surface area contributed by atoms with Gasteiger partial charge in [0.25, 0.3) is 0 Å². The van der Waals surface area contributed by atoms with E-state index in [1.807, 2.05) is 6.92 Å². The fourth-order valence-electron chi connectivity index (χ4n) is 2.36. The van der Waals surface area contributed by atoms with E-state index in [1.54, 1.807) is 0 Å². The molecule has 1 saturated carbocycles. The van der Waals surface area contributed by atoms with Crippen molar-refractivity contribution in [2.45, 2.75) is 52.0 Å². The summed E-state index contributed by atoms with van der Waals surface area (Å²) >= 11 is 0. The molecule has 0 aliphatic heterocycles. The van der Waals surface area contributed by atoms with Gasteiger partial charge in [-0.1, -0.05) is 6.92 Å². The maximum Gasteiger partial charge on any atom is 0.306 e. The van der Waals surface area contributed by atoms with E-state index in [-0.39, 0.29) is 5.97 Å². The Morgan fingerprint density at radius 2 is 2.00 bits per heavy atom. The topological polar surface area (TPSA) is 52.3 Å². The minimum Gasteiger partial charge on any atom is -0.466 e. The first-order valence-corrected chi connectivity index (χ1v) is 6.04. The predicted molar refractivity (Wildman–Crippen MR) is 60.3 cm³/mol. The smallest absolute Gasteiger partial charge is 0.306 e. The summed E-state index contributed by atoms with van der Waals surface area (Å²) in [5, 5.41) is 0. The van der Waals surface area contributed by atoms with Crippen molar-refractivity contribution in [1.29, 1.82) is 0 Å². The quantitative estimate of drug-likeness (QED) is 0.727. The molecule has 0 radical (unpaired) electrons. The van der Waals surface area contributed by atoms with Crippen LogP contribution in [0.15, 0.2) is 0 Å². The normalized spacial score (nSPS) is 28.5. The Labute approximate surface area is 92.4 Å². The number of hydrogen-bond donors (Lipinski definition) is 1. The van der Waals surface area contributed by atoms with Gasteiger partial charge in [0.05, 0.1) is 6.61 Å².